The Bertz CT molecular complexity index is 579. The molecular formula is C16H27N5O3. The molecule has 1 aliphatic rings. The van der Waals surface area contributed by atoms with E-state index in [9.17, 15) is 9.59 Å². The molecule has 2 rings (SSSR count). The molecule has 8 nitrogen and oxygen atoms in total. The van der Waals surface area contributed by atoms with Gasteiger partial charge in [0.15, 0.2) is 5.82 Å². The van der Waals surface area contributed by atoms with Gasteiger partial charge in [-0.15, -0.1) is 0 Å². The van der Waals surface area contributed by atoms with Crippen LogP contribution < -0.4 is 10.6 Å². The van der Waals surface area contributed by atoms with Crippen LogP contribution in [-0.2, 0) is 4.79 Å². The molecule has 0 bridgehead atoms. The van der Waals surface area contributed by atoms with Gasteiger partial charge >= 0.3 is 6.03 Å². The Hall–Kier alpha value is -2.09. The van der Waals surface area contributed by atoms with E-state index in [-0.39, 0.29) is 17.5 Å². The van der Waals surface area contributed by atoms with Crippen molar-refractivity contribution in [2.24, 2.45) is 0 Å². The van der Waals surface area contributed by atoms with E-state index in [2.05, 4.69) is 20.7 Å². The van der Waals surface area contributed by atoms with E-state index >= 15 is 0 Å². The molecule has 0 aromatic carbocycles. The first-order valence-corrected chi connectivity index (χ1v) is 8.25. The molecule has 1 aromatic heterocycles. The van der Waals surface area contributed by atoms with Gasteiger partial charge in [0.25, 0.3) is 0 Å². The van der Waals surface area contributed by atoms with Crippen LogP contribution in [0.1, 0.15) is 33.0 Å². The molecule has 0 spiro atoms. The molecule has 0 atom stereocenters. The van der Waals surface area contributed by atoms with E-state index < -0.39 is 0 Å². The molecule has 1 aromatic rings. The number of carbonyl (C=O) groups is 2. The molecule has 2 N–H and O–H groups in total. The highest BCUT2D eigenvalue weighted by Gasteiger charge is 2.22. The molecular weight excluding hydrogens is 310 g/mol. The molecule has 1 fully saturated rings. The third-order valence-corrected chi connectivity index (χ3v) is 3.62. The van der Waals surface area contributed by atoms with Gasteiger partial charge in [0, 0.05) is 37.8 Å². The zero-order valence-corrected chi connectivity index (χ0v) is 14.9. The first kappa shape index (κ1) is 18.3. The number of hydrogen-bond donors (Lipinski definition) is 2. The first-order chi connectivity index (χ1) is 11.2. The summed E-state index contributed by atoms with van der Waals surface area (Å²) in [5, 5.41) is 9.46. The lowest BCUT2D eigenvalue weighted by molar-refractivity contribution is -0.123. The fourth-order valence-corrected chi connectivity index (χ4v) is 2.61. The van der Waals surface area contributed by atoms with E-state index in [0.29, 0.717) is 37.8 Å². The van der Waals surface area contributed by atoms with Crippen LogP contribution in [0.15, 0.2) is 10.6 Å². The second-order valence-electron chi connectivity index (χ2n) is 7.17. The number of urea groups is 1. The highest BCUT2D eigenvalue weighted by atomic mass is 16.5. The SMILES string of the molecule is Cc1cc(NC(=O)N2CCCN(CC(=O)NC(C)(C)C)CC2)no1. The van der Waals surface area contributed by atoms with Crippen LogP contribution in [0.25, 0.3) is 0 Å². The fourth-order valence-electron chi connectivity index (χ4n) is 2.61. The second kappa shape index (κ2) is 7.65. The number of hydrogen-bond acceptors (Lipinski definition) is 5. The normalized spacial score (nSPS) is 16.6. The zero-order chi connectivity index (χ0) is 17.7. The van der Waals surface area contributed by atoms with Crippen LogP contribution in [0.3, 0.4) is 0 Å². The van der Waals surface area contributed by atoms with Gasteiger partial charge in [-0.25, -0.2) is 4.79 Å². The molecule has 24 heavy (non-hydrogen) atoms. The van der Waals surface area contributed by atoms with Crippen molar-refractivity contribution in [2.45, 2.75) is 39.7 Å². The number of anilines is 1. The number of nitrogens with one attached hydrogen (secondary N) is 2. The monoisotopic (exact) mass is 337 g/mol. The summed E-state index contributed by atoms with van der Waals surface area (Å²) < 4.78 is 4.94. The van der Waals surface area contributed by atoms with Crippen LogP contribution >= 0.6 is 0 Å². The average molecular weight is 337 g/mol. The lowest BCUT2D eigenvalue weighted by atomic mass is 10.1. The Morgan fingerprint density at radius 2 is 2.00 bits per heavy atom. The highest BCUT2D eigenvalue weighted by Crippen LogP contribution is 2.10. The van der Waals surface area contributed by atoms with E-state index in [1.807, 2.05) is 20.8 Å². The number of nitrogens with zero attached hydrogens (tertiary/aromatic N) is 3. The van der Waals surface area contributed by atoms with Crippen molar-refractivity contribution in [3.8, 4) is 0 Å². The summed E-state index contributed by atoms with van der Waals surface area (Å²) in [6.07, 6.45) is 0.827. The number of carbonyl (C=O) groups excluding carboxylic acids is 2. The summed E-state index contributed by atoms with van der Waals surface area (Å²) in [6, 6.07) is 1.49. The Kier molecular flexibility index (Phi) is 5.82. The van der Waals surface area contributed by atoms with Crippen molar-refractivity contribution in [3.05, 3.63) is 11.8 Å². The van der Waals surface area contributed by atoms with Gasteiger partial charge in [0.05, 0.1) is 6.54 Å². The van der Waals surface area contributed by atoms with Crippen molar-refractivity contribution in [1.29, 1.82) is 0 Å². The average Bonchev–Trinajstić information content (AvgIpc) is 2.70. The van der Waals surface area contributed by atoms with Gasteiger partial charge in [-0.05, 0) is 34.1 Å². The standard InChI is InChI=1S/C16H27N5O3/c1-12-10-13(19-24-12)17-15(23)21-7-5-6-20(8-9-21)11-14(22)18-16(2,3)4/h10H,5-9,11H2,1-4H3,(H,18,22)(H,17,19,23). The molecule has 1 saturated heterocycles. The zero-order valence-electron chi connectivity index (χ0n) is 14.9. The van der Waals surface area contributed by atoms with Crippen LogP contribution in [0.2, 0.25) is 0 Å². The topological polar surface area (TPSA) is 90.7 Å². The van der Waals surface area contributed by atoms with Crippen molar-refractivity contribution >= 4 is 17.8 Å². The summed E-state index contributed by atoms with van der Waals surface area (Å²) in [5.41, 5.74) is -0.232. The van der Waals surface area contributed by atoms with E-state index in [0.717, 1.165) is 13.0 Å². The number of aromatic nitrogens is 1. The molecule has 3 amide bonds. The van der Waals surface area contributed by atoms with Crippen LogP contribution in [0.5, 0.6) is 0 Å². The van der Waals surface area contributed by atoms with E-state index in [1.165, 1.54) is 0 Å². The minimum absolute atomic E-state index is 0.0125. The quantitative estimate of drug-likeness (QED) is 0.871. The van der Waals surface area contributed by atoms with Crippen LogP contribution in [0.4, 0.5) is 10.6 Å². The Morgan fingerprint density at radius 1 is 1.25 bits per heavy atom. The van der Waals surface area contributed by atoms with Crippen LogP contribution in [-0.4, -0.2) is 65.2 Å². The number of rotatable bonds is 3. The van der Waals surface area contributed by atoms with Gasteiger partial charge in [-0.3, -0.25) is 15.0 Å². The second-order valence-corrected chi connectivity index (χ2v) is 7.17. The van der Waals surface area contributed by atoms with E-state index in [4.69, 9.17) is 4.52 Å². The van der Waals surface area contributed by atoms with Gasteiger partial charge in [0.2, 0.25) is 5.91 Å². The minimum Gasteiger partial charge on any atom is -0.360 e. The Labute approximate surface area is 142 Å². The van der Waals surface area contributed by atoms with Gasteiger partial charge < -0.3 is 14.7 Å². The van der Waals surface area contributed by atoms with Gasteiger partial charge in [0.1, 0.15) is 5.76 Å². The smallest absolute Gasteiger partial charge is 0.323 e. The molecule has 0 radical (unpaired) electrons. The summed E-state index contributed by atoms with van der Waals surface area (Å²) in [7, 11) is 0. The predicted octanol–water partition coefficient (Wildman–Crippen LogP) is 1.44. The van der Waals surface area contributed by atoms with Crippen LogP contribution in [0, 0.1) is 6.92 Å². The number of aryl methyl sites for hydroxylation is 1. The maximum absolute atomic E-state index is 12.3. The molecule has 8 heteroatoms. The van der Waals surface area contributed by atoms with Gasteiger partial charge in [-0.1, -0.05) is 5.16 Å². The molecule has 2 heterocycles. The largest absolute Gasteiger partial charge is 0.360 e. The Morgan fingerprint density at radius 3 is 2.62 bits per heavy atom. The summed E-state index contributed by atoms with van der Waals surface area (Å²) in [6.45, 7) is 10.7. The highest BCUT2D eigenvalue weighted by molar-refractivity contribution is 5.88. The summed E-state index contributed by atoms with van der Waals surface area (Å²) in [4.78, 5) is 28.1. The van der Waals surface area contributed by atoms with Crippen molar-refractivity contribution in [2.75, 3.05) is 38.0 Å². The molecule has 0 saturated carbocycles. The lowest BCUT2D eigenvalue weighted by Crippen LogP contribution is -2.46. The van der Waals surface area contributed by atoms with Crippen molar-refractivity contribution < 1.29 is 14.1 Å². The van der Waals surface area contributed by atoms with E-state index in [1.54, 1.807) is 17.9 Å². The minimum atomic E-state index is -0.232. The summed E-state index contributed by atoms with van der Waals surface area (Å²) in [5.74, 6) is 1.08. The predicted molar refractivity (Wildman–Crippen MR) is 90.8 cm³/mol. The maximum atomic E-state index is 12.3. The number of amides is 3. The third-order valence-electron chi connectivity index (χ3n) is 3.62. The maximum Gasteiger partial charge on any atom is 0.323 e. The summed E-state index contributed by atoms with van der Waals surface area (Å²) >= 11 is 0. The third kappa shape index (κ3) is 5.84. The van der Waals surface area contributed by atoms with Gasteiger partial charge in [-0.2, -0.15) is 0 Å². The lowest BCUT2D eigenvalue weighted by Gasteiger charge is -2.25. The van der Waals surface area contributed by atoms with Crippen molar-refractivity contribution in [1.82, 2.24) is 20.3 Å². The molecule has 134 valence electrons. The fraction of sp³-hybridized carbons (Fsp3) is 0.688. The van der Waals surface area contributed by atoms with Crippen molar-refractivity contribution in [3.63, 3.8) is 0 Å². The molecule has 1 aliphatic heterocycles. The Balaban J connectivity index is 1.81. The molecule has 0 unspecified atom stereocenters. The first-order valence-electron chi connectivity index (χ1n) is 8.25. The molecule has 0 aliphatic carbocycles.